The molecular formula is C18H28ClN3O2. The van der Waals surface area contributed by atoms with E-state index in [1.165, 1.54) is 5.56 Å². The molecule has 1 aromatic rings. The number of benzene rings is 1. The van der Waals surface area contributed by atoms with Gasteiger partial charge in [-0.2, -0.15) is 0 Å². The predicted molar refractivity (Wildman–Crippen MR) is 97.2 cm³/mol. The Labute approximate surface area is 149 Å². The third kappa shape index (κ3) is 5.45. The Morgan fingerprint density at radius 2 is 2.08 bits per heavy atom. The van der Waals surface area contributed by atoms with E-state index in [0.717, 1.165) is 24.5 Å². The number of ether oxygens (including phenoxy) is 1. The maximum Gasteiger partial charge on any atom is 0.237 e. The molecule has 1 fully saturated rings. The number of methoxy groups -OCH3 is 1. The van der Waals surface area contributed by atoms with Crippen LogP contribution in [0.5, 0.6) is 0 Å². The lowest BCUT2D eigenvalue weighted by atomic mass is 10.1. The zero-order chi connectivity index (χ0) is 17.5. The van der Waals surface area contributed by atoms with Crippen molar-refractivity contribution in [3.05, 3.63) is 34.9 Å². The molecule has 24 heavy (non-hydrogen) atoms. The minimum Gasteiger partial charge on any atom is -0.383 e. The molecule has 1 amide bonds. The van der Waals surface area contributed by atoms with Crippen molar-refractivity contribution in [1.82, 2.24) is 15.5 Å². The highest BCUT2D eigenvalue weighted by Gasteiger charge is 2.37. The second-order valence-electron chi connectivity index (χ2n) is 6.53. The number of nitrogens with zero attached hydrogens (tertiary/aromatic N) is 1. The Bertz CT molecular complexity index is 522. The van der Waals surface area contributed by atoms with E-state index in [1.807, 2.05) is 24.3 Å². The molecule has 1 aromatic carbocycles. The number of rotatable bonds is 8. The van der Waals surface area contributed by atoms with Crippen LogP contribution in [-0.2, 0) is 16.1 Å². The van der Waals surface area contributed by atoms with E-state index in [1.54, 1.807) is 7.11 Å². The fraction of sp³-hybridized carbons (Fsp3) is 0.611. The van der Waals surface area contributed by atoms with Crippen molar-refractivity contribution in [2.24, 2.45) is 0 Å². The molecule has 1 saturated heterocycles. The summed E-state index contributed by atoms with van der Waals surface area (Å²) in [4.78, 5) is 14.7. The number of halogens is 1. The van der Waals surface area contributed by atoms with Crippen LogP contribution < -0.4 is 10.6 Å². The van der Waals surface area contributed by atoms with Crippen LogP contribution in [-0.4, -0.2) is 55.7 Å². The first-order valence-corrected chi connectivity index (χ1v) is 8.89. The topological polar surface area (TPSA) is 53.6 Å². The molecule has 0 aliphatic carbocycles. The maximum absolute atomic E-state index is 12.4. The van der Waals surface area contributed by atoms with Crippen LogP contribution in [0, 0.1) is 0 Å². The van der Waals surface area contributed by atoms with Gasteiger partial charge in [0.1, 0.15) is 0 Å². The van der Waals surface area contributed by atoms with Crippen LogP contribution >= 0.6 is 11.6 Å². The predicted octanol–water partition coefficient (Wildman–Crippen LogP) is 2.04. The van der Waals surface area contributed by atoms with Crippen LogP contribution in [0.25, 0.3) is 0 Å². The molecule has 0 aromatic heterocycles. The Morgan fingerprint density at radius 3 is 2.71 bits per heavy atom. The highest BCUT2D eigenvalue weighted by atomic mass is 35.5. The van der Waals surface area contributed by atoms with Gasteiger partial charge in [0.2, 0.25) is 5.91 Å². The van der Waals surface area contributed by atoms with Crippen molar-refractivity contribution < 1.29 is 9.53 Å². The van der Waals surface area contributed by atoms with E-state index < -0.39 is 0 Å². The Morgan fingerprint density at radius 1 is 1.38 bits per heavy atom. The maximum atomic E-state index is 12.4. The van der Waals surface area contributed by atoms with Crippen LogP contribution in [0.1, 0.15) is 25.8 Å². The zero-order valence-corrected chi connectivity index (χ0v) is 15.5. The van der Waals surface area contributed by atoms with Gasteiger partial charge in [0.05, 0.1) is 12.6 Å². The molecule has 134 valence electrons. The van der Waals surface area contributed by atoms with E-state index in [2.05, 4.69) is 29.4 Å². The summed E-state index contributed by atoms with van der Waals surface area (Å²) in [6.07, 6.45) is 0.824. The van der Waals surface area contributed by atoms with E-state index in [4.69, 9.17) is 16.3 Å². The number of hydrogen-bond donors (Lipinski definition) is 2. The number of nitrogens with one attached hydrogen (secondary N) is 2. The molecule has 2 rings (SSSR count). The summed E-state index contributed by atoms with van der Waals surface area (Å²) < 4.78 is 5.00. The Kier molecular flexibility index (Phi) is 7.49. The lowest BCUT2D eigenvalue weighted by Crippen LogP contribution is -2.46. The van der Waals surface area contributed by atoms with Gasteiger partial charge in [0, 0.05) is 43.9 Å². The molecule has 1 heterocycles. The van der Waals surface area contributed by atoms with Crippen molar-refractivity contribution in [2.45, 2.75) is 44.9 Å². The second-order valence-corrected chi connectivity index (χ2v) is 6.97. The average molecular weight is 354 g/mol. The fourth-order valence-electron chi connectivity index (χ4n) is 3.10. The minimum absolute atomic E-state index is 0.0791. The summed E-state index contributed by atoms with van der Waals surface area (Å²) in [5.41, 5.74) is 1.20. The summed E-state index contributed by atoms with van der Waals surface area (Å²) in [6, 6.07) is 8.43. The summed E-state index contributed by atoms with van der Waals surface area (Å²) >= 11 is 5.92. The van der Waals surface area contributed by atoms with Gasteiger partial charge in [-0.1, -0.05) is 23.7 Å². The third-order valence-corrected chi connectivity index (χ3v) is 4.67. The van der Waals surface area contributed by atoms with E-state index >= 15 is 0 Å². The zero-order valence-electron chi connectivity index (χ0n) is 14.7. The highest BCUT2D eigenvalue weighted by molar-refractivity contribution is 6.30. The van der Waals surface area contributed by atoms with Gasteiger partial charge < -0.3 is 15.4 Å². The molecule has 2 atom stereocenters. The quantitative estimate of drug-likeness (QED) is 0.702. The largest absolute Gasteiger partial charge is 0.383 e. The standard InChI is InChI=1S/C18H28ClN3O2/c1-13(2)22-12-16(10-17(22)18(23)20-8-9-24-3)21-11-14-4-6-15(19)7-5-14/h4-7,13,16-17,21H,8-12H2,1-3H3,(H,20,23)/t16-,17+/m1/s1. The van der Waals surface area contributed by atoms with E-state index in [9.17, 15) is 4.79 Å². The summed E-state index contributed by atoms with van der Waals surface area (Å²) in [7, 11) is 1.64. The minimum atomic E-state index is -0.0791. The Hall–Kier alpha value is -1.14. The molecule has 0 radical (unpaired) electrons. The van der Waals surface area contributed by atoms with Gasteiger partial charge in [-0.05, 0) is 38.0 Å². The van der Waals surface area contributed by atoms with Crippen LogP contribution in [0.15, 0.2) is 24.3 Å². The van der Waals surface area contributed by atoms with Crippen molar-refractivity contribution in [1.29, 1.82) is 0 Å². The molecule has 5 nitrogen and oxygen atoms in total. The van der Waals surface area contributed by atoms with Crippen molar-refractivity contribution >= 4 is 17.5 Å². The molecule has 0 saturated carbocycles. The number of likely N-dealkylation sites (tertiary alicyclic amines) is 1. The van der Waals surface area contributed by atoms with Crippen LogP contribution in [0.2, 0.25) is 5.02 Å². The monoisotopic (exact) mass is 353 g/mol. The van der Waals surface area contributed by atoms with Crippen molar-refractivity contribution in [3.63, 3.8) is 0 Å². The smallest absolute Gasteiger partial charge is 0.237 e. The molecule has 6 heteroatoms. The first kappa shape index (κ1) is 19.2. The van der Waals surface area contributed by atoms with Crippen molar-refractivity contribution in [3.8, 4) is 0 Å². The van der Waals surface area contributed by atoms with Crippen LogP contribution in [0.4, 0.5) is 0 Å². The number of carbonyl (C=O) groups excluding carboxylic acids is 1. The van der Waals surface area contributed by atoms with Crippen LogP contribution in [0.3, 0.4) is 0 Å². The lowest BCUT2D eigenvalue weighted by molar-refractivity contribution is -0.126. The molecule has 0 unspecified atom stereocenters. The van der Waals surface area contributed by atoms with Gasteiger partial charge in [0.15, 0.2) is 0 Å². The van der Waals surface area contributed by atoms with Gasteiger partial charge in [-0.3, -0.25) is 9.69 Å². The molecule has 1 aliphatic heterocycles. The molecule has 1 aliphatic rings. The molecule has 2 N–H and O–H groups in total. The van der Waals surface area contributed by atoms with Gasteiger partial charge >= 0.3 is 0 Å². The highest BCUT2D eigenvalue weighted by Crippen LogP contribution is 2.21. The van der Waals surface area contributed by atoms with Gasteiger partial charge in [-0.15, -0.1) is 0 Å². The third-order valence-electron chi connectivity index (χ3n) is 4.42. The molecule has 0 spiro atoms. The average Bonchev–Trinajstić information content (AvgIpc) is 2.99. The van der Waals surface area contributed by atoms with Gasteiger partial charge in [-0.25, -0.2) is 0 Å². The molecule has 0 bridgehead atoms. The van der Waals surface area contributed by atoms with E-state index in [0.29, 0.717) is 25.2 Å². The lowest BCUT2D eigenvalue weighted by Gasteiger charge is -2.27. The molecular weight excluding hydrogens is 326 g/mol. The Balaban J connectivity index is 1.88. The summed E-state index contributed by atoms with van der Waals surface area (Å²) in [5.74, 6) is 0.0940. The fourth-order valence-corrected chi connectivity index (χ4v) is 3.22. The SMILES string of the molecule is COCCNC(=O)[C@@H]1C[C@@H](NCc2ccc(Cl)cc2)CN1C(C)C. The normalized spacial score (nSPS) is 21.4. The summed E-state index contributed by atoms with van der Waals surface area (Å²) in [5, 5.41) is 7.28. The van der Waals surface area contributed by atoms with Gasteiger partial charge in [0.25, 0.3) is 0 Å². The number of carbonyl (C=O) groups is 1. The van der Waals surface area contributed by atoms with Crippen molar-refractivity contribution in [2.75, 3.05) is 26.8 Å². The number of amides is 1. The first-order valence-electron chi connectivity index (χ1n) is 8.51. The first-order chi connectivity index (χ1) is 11.5. The van der Waals surface area contributed by atoms with E-state index in [-0.39, 0.29) is 11.9 Å². The second kappa shape index (κ2) is 9.37. The summed E-state index contributed by atoms with van der Waals surface area (Å²) in [6.45, 7) is 7.03. The number of hydrogen-bond acceptors (Lipinski definition) is 4.